The molecule has 0 spiro atoms. The molecule has 1 aromatic rings. The molecule has 1 saturated carbocycles. The molecule has 0 amide bonds. The van der Waals surface area contributed by atoms with Gasteiger partial charge in [0.25, 0.3) is 0 Å². The van der Waals surface area contributed by atoms with E-state index in [1.54, 1.807) is 11.3 Å². The zero-order valence-corrected chi connectivity index (χ0v) is 17.3. The molecule has 0 N–H and O–H groups in total. The molecule has 25 heavy (non-hydrogen) atoms. The van der Waals surface area contributed by atoms with Gasteiger partial charge in [0.15, 0.2) is 0 Å². The van der Waals surface area contributed by atoms with Crippen LogP contribution in [-0.4, -0.2) is 50.3 Å². The smallest absolute Gasteiger partial charge is 0.338 e. The van der Waals surface area contributed by atoms with Crippen molar-refractivity contribution < 1.29 is 14.3 Å². The van der Waals surface area contributed by atoms with Crippen LogP contribution in [0, 0.1) is 12.8 Å². The van der Waals surface area contributed by atoms with Crippen molar-refractivity contribution >= 4 is 29.7 Å². The summed E-state index contributed by atoms with van der Waals surface area (Å²) in [6.07, 6.45) is 5.60. The third-order valence-corrected chi connectivity index (χ3v) is 7.36. The molecule has 2 aliphatic rings. The van der Waals surface area contributed by atoms with Crippen LogP contribution in [0.25, 0.3) is 0 Å². The zero-order valence-electron chi connectivity index (χ0n) is 15.6. The average Bonchev–Trinajstić information content (AvgIpc) is 2.95. The van der Waals surface area contributed by atoms with E-state index in [0.717, 1.165) is 36.2 Å². The van der Waals surface area contributed by atoms with Crippen LogP contribution in [0.5, 0.6) is 0 Å². The molecule has 0 unspecified atom stereocenters. The molecular weight excluding hydrogens is 358 g/mol. The van der Waals surface area contributed by atoms with E-state index in [9.17, 15) is 4.79 Å². The number of nitrogens with zero attached hydrogens (tertiary/aromatic N) is 1. The first-order valence-electron chi connectivity index (χ1n) is 8.98. The molecular formula is C19H30ClNO3S. The summed E-state index contributed by atoms with van der Waals surface area (Å²) >= 11 is 1.72. The third-order valence-electron chi connectivity index (χ3n) is 6.07. The van der Waals surface area contributed by atoms with Crippen molar-refractivity contribution in [2.75, 3.05) is 27.3 Å². The van der Waals surface area contributed by atoms with E-state index in [-0.39, 0.29) is 18.4 Å². The lowest BCUT2D eigenvalue weighted by molar-refractivity contribution is -0.0600. The number of hydrogen-bond acceptors (Lipinski definition) is 5. The minimum atomic E-state index is -0.212. The molecule has 6 heteroatoms. The van der Waals surface area contributed by atoms with Crippen LogP contribution in [0.2, 0.25) is 0 Å². The van der Waals surface area contributed by atoms with Crippen molar-refractivity contribution in [3.05, 3.63) is 21.4 Å². The van der Waals surface area contributed by atoms with E-state index >= 15 is 0 Å². The molecule has 0 radical (unpaired) electrons. The summed E-state index contributed by atoms with van der Waals surface area (Å²) in [6, 6.07) is 0.745. The van der Waals surface area contributed by atoms with Crippen molar-refractivity contribution in [1.82, 2.24) is 4.90 Å². The SMILES string of the molecule is COC(=O)c1csc([C@H](C)[C@H]2CC[C@H](N3CC(OC)C3)CC2)c1C.Cl. The van der Waals surface area contributed by atoms with Crippen LogP contribution in [0.15, 0.2) is 5.38 Å². The molecule has 0 aromatic carbocycles. The lowest BCUT2D eigenvalue weighted by atomic mass is 9.77. The predicted octanol–water partition coefficient (Wildman–Crippen LogP) is 4.26. The van der Waals surface area contributed by atoms with Gasteiger partial charge in [0.1, 0.15) is 0 Å². The number of halogens is 1. The lowest BCUT2D eigenvalue weighted by Crippen LogP contribution is -2.56. The second-order valence-electron chi connectivity index (χ2n) is 7.30. The molecule has 2 heterocycles. The Bertz CT molecular complexity index is 577. The van der Waals surface area contributed by atoms with Gasteiger partial charge >= 0.3 is 5.97 Å². The molecule has 2 fully saturated rings. The Hall–Kier alpha value is -0.620. The second kappa shape index (κ2) is 8.85. The highest BCUT2D eigenvalue weighted by Gasteiger charge is 2.36. The van der Waals surface area contributed by atoms with Gasteiger partial charge in [-0.2, -0.15) is 0 Å². The van der Waals surface area contributed by atoms with E-state index in [4.69, 9.17) is 9.47 Å². The lowest BCUT2D eigenvalue weighted by Gasteiger charge is -2.46. The highest BCUT2D eigenvalue weighted by Crippen LogP contribution is 2.41. The number of rotatable bonds is 5. The van der Waals surface area contributed by atoms with Crippen LogP contribution >= 0.6 is 23.7 Å². The average molecular weight is 388 g/mol. The van der Waals surface area contributed by atoms with Gasteiger partial charge in [-0.25, -0.2) is 4.79 Å². The van der Waals surface area contributed by atoms with Gasteiger partial charge in [-0.05, 0) is 50.0 Å². The van der Waals surface area contributed by atoms with Crippen molar-refractivity contribution in [3.63, 3.8) is 0 Å². The zero-order chi connectivity index (χ0) is 17.3. The maximum atomic E-state index is 11.8. The number of thiophene rings is 1. The van der Waals surface area contributed by atoms with Crippen LogP contribution in [0.3, 0.4) is 0 Å². The fourth-order valence-corrected chi connectivity index (χ4v) is 5.50. The highest BCUT2D eigenvalue weighted by molar-refractivity contribution is 7.10. The van der Waals surface area contributed by atoms with Crippen LogP contribution in [0.4, 0.5) is 0 Å². The van der Waals surface area contributed by atoms with Crippen molar-refractivity contribution in [3.8, 4) is 0 Å². The van der Waals surface area contributed by atoms with Crippen molar-refractivity contribution in [1.29, 1.82) is 0 Å². The van der Waals surface area contributed by atoms with Crippen LogP contribution in [-0.2, 0) is 9.47 Å². The summed E-state index contributed by atoms with van der Waals surface area (Å²) in [6.45, 7) is 6.60. The summed E-state index contributed by atoms with van der Waals surface area (Å²) in [5, 5.41) is 1.96. The number of ether oxygens (including phenoxy) is 2. The first-order chi connectivity index (χ1) is 11.5. The Morgan fingerprint density at radius 1 is 1.24 bits per heavy atom. The number of carbonyl (C=O) groups is 1. The van der Waals surface area contributed by atoms with Crippen LogP contribution < -0.4 is 0 Å². The molecule has 4 nitrogen and oxygen atoms in total. The summed E-state index contributed by atoms with van der Waals surface area (Å²) in [5.74, 6) is 1.04. The fraction of sp³-hybridized carbons (Fsp3) is 0.737. The maximum absolute atomic E-state index is 11.8. The summed E-state index contributed by atoms with van der Waals surface area (Å²) in [7, 11) is 3.26. The fourth-order valence-electron chi connectivity index (χ4n) is 4.29. The topological polar surface area (TPSA) is 38.8 Å². The summed E-state index contributed by atoms with van der Waals surface area (Å²) < 4.78 is 10.3. The molecule has 0 bridgehead atoms. The predicted molar refractivity (Wildman–Crippen MR) is 104 cm³/mol. The van der Waals surface area contributed by atoms with E-state index < -0.39 is 0 Å². The largest absolute Gasteiger partial charge is 0.465 e. The first kappa shape index (κ1) is 20.7. The molecule has 1 aromatic heterocycles. The normalized spacial score (nSPS) is 25.8. The maximum Gasteiger partial charge on any atom is 0.338 e. The molecule has 1 atom stereocenters. The van der Waals surface area contributed by atoms with E-state index in [0.29, 0.717) is 12.0 Å². The summed E-state index contributed by atoms with van der Waals surface area (Å²) in [4.78, 5) is 15.8. The summed E-state index contributed by atoms with van der Waals surface area (Å²) in [5.41, 5.74) is 1.86. The first-order valence-corrected chi connectivity index (χ1v) is 9.86. The van der Waals surface area contributed by atoms with Gasteiger partial charge in [0.2, 0.25) is 0 Å². The highest BCUT2D eigenvalue weighted by atomic mass is 35.5. The number of esters is 1. The third kappa shape index (κ3) is 4.21. The Kier molecular flexibility index (Phi) is 7.32. The van der Waals surface area contributed by atoms with Gasteiger partial charge in [-0.1, -0.05) is 6.92 Å². The minimum absolute atomic E-state index is 0. The van der Waals surface area contributed by atoms with Gasteiger partial charge in [-0.15, -0.1) is 23.7 Å². The Morgan fingerprint density at radius 2 is 1.88 bits per heavy atom. The number of hydrogen-bond donors (Lipinski definition) is 0. The minimum Gasteiger partial charge on any atom is -0.465 e. The standard InChI is InChI=1S/C19H29NO3S.ClH/c1-12(18-13(2)17(11-24-18)19(21)23-4)14-5-7-15(8-6-14)20-9-16(10-20)22-3;/h11-12,14-16H,5-10H2,1-4H3;1H/t12-,14-,15-;/m1./s1. The molecule has 3 rings (SSSR count). The van der Waals surface area contributed by atoms with Gasteiger partial charge in [0.05, 0.1) is 18.8 Å². The van der Waals surface area contributed by atoms with E-state index in [2.05, 4.69) is 18.7 Å². The Balaban J connectivity index is 0.00000225. The number of likely N-dealkylation sites (tertiary alicyclic amines) is 1. The molecule has 142 valence electrons. The van der Waals surface area contributed by atoms with Gasteiger partial charge < -0.3 is 9.47 Å². The molecule has 1 aliphatic heterocycles. The molecule has 1 aliphatic carbocycles. The number of carbonyl (C=O) groups excluding carboxylic acids is 1. The van der Waals surface area contributed by atoms with Crippen LogP contribution in [0.1, 0.15) is 59.3 Å². The quantitative estimate of drug-likeness (QED) is 0.707. The Morgan fingerprint density at radius 3 is 2.44 bits per heavy atom. The van der Waals surface area contributed by atoms with Crippen molar-refractivity contribution in [2.45, 2.75) is 57.6 Å². The number of methoxy groups -OCH3 is 2. The Labute approximate surface area is 161 Å². The van der Waals surface area contributed by atoms with E-state index in [1.807, 2.05) is 12.5 Å². The van der Waals surface area contributed by atoms with Gasteiger partial charge in [0, 0.05) is 36.5 Å². The van der Waals surface area contributed by atoms with Gasteiger partial charge in [-0.3, -0.25) is 4.90 Å². The monoisotopic (exact) mass is 387 g/mol. The molecule has 1 saturated heterocycles. The van der Waals surface area contributed by atoms with Crippen molar-refractivity contribution in [2.24, 2.45) is 5.92 Å². The van der Waals surface area contributed by atoms with E-state index in [1.165, 1.54) is 37.7 Å². The second-order valence-corrected chi connectivity index (χ2v) is 8.21.